The van der Waals surface area contributed by atoms with Gasteiger partial charge in [0.2, 0.25) is 5.91 Å². The van der Waals surface area contributed by atoms with E-state index < -0.39 is 17.9 Å². The summed E-state index contributed by atoms with van der Waals surface area (Å²) >= 11 is 0. The standard InChI is InChI=1S/C23H25N3O3/c1-4-5-14-21(27)24-16(3)22(28)25-26-20-13-9-8-12-19(20)18-11-7-6-10-17(18)15(2)23(26)29/h4-13,15-16H,14H2,1-3H3,(H,24,27)(H,25,28)/t15?,16-/m0/s1. The quantitative estimate of drug-likeness (QED) is 0.768. The summed E-state index contributed by atoms with van der Waals surface area (Å²) in [6.07, 6.45) is 3.69. The largest absolute Gasteiger partial charge is 0.344 e. The van der Waals surface area contributed by atoms with Crippen molar-refractivity contribution >= 4 is 23.4 Å². The van der Waals surface area contributed by atoms with Crippen molar-refractivity contribution in [2.24, 2.45) is 0 Å². The molecule has 2 N–H and O–H groups in total. The molecule has 0 saturated heterocycles. The minimum absolute atomic E-state index is 0.200. The number of nitrogens with one attached hydrogen (secondary N) is 2. The van der Waals surface area contributed by atoms with Gasteiger partial charge >= 0.3 is 0 Å². The molecule has 3 rings (SSSR count). The molecule has 6 nitrogen and oxygen atoms in total. The molecule has 29 heavy (non-hydrogen) atoms. The molecule has 0 fully saturated rings. The predicted octanol–water partition coefficient (Wildman–Crippen LogP) is 3.31. The van der Waals surface area contributed by atoms with Crippen molar-refractivity contribution in [2.45, 2.75) is 39.2 Å². The Hall–Kier alpha value is -3.41. The third-order valence-electron chi connectivity index (χ3n) is 4.98. The number of hydrogen-bond donors (Lipinski definition) is 2. The number of hydrogen-bond acceptors (Lipinski definition) is 3. The van der Waals surface area contributed by atoms with Crippen LogP contribution in [0.15, 0.2) is 60.7 Å². The normalized spacial score (nSPS) is 16.6. The third kappa shape index (κ3) is 4.21. The molecule has 0 aromatic heterocycles. The summed E-state index contributed by atoms with van der Waals surface area (Å²) in [4.78, 5) is 37.8. The summed E-state index contributed by atoms with van der Waals surface area (Å²) in [5, 5.41) is 3.95. The zero-order valence-electron chi connectivity index (χ0n) is 16.8. The van der Waals surface area contributed by atoms with Crippen molar-refractivity contribution in [3.05, 3.63) is 66.2 Å². The van der Waals surface area contributed by atoms with E-state index in [4.69, 9.17) is 0 Å². The van der Waals surface area contributed by atoms with Gasteiger partial charge in [0.15, 0.2) is 0 Å². The molecule has 1 aliphatic rings. The Morgan fingerprint density at radius 2 is 1.76 bits per heavy atom. The Kier molecular flexibility index (Phi) is 6.12. The summed E-state index contributed by atoms with van der Waals surface area (Å²) in [5.41, 5.74) is 6.05. The first-order chi connectivity index (χ1) is 13.9. The second-order valence-corrected chi connectivity index (χ2v) is 7.04. The van der Waals surface area contributed by atoms with Crippen LogP contribution in [0.5, 0.6) is 0 Å². The third-order valence-corrected chi connectivity index (χ3v) is 4.98. The van der Waals surface area contributed by atoms with Crippen LogP contribution in [-0.4, -0.2) is 23.8 Å². The highest BCUT2D eigenvalue weighted by molar-refractivity contribution is 6.06. The lowest BCUT2D eigenvalue weighted by Crippen LogP contribution is -2.54. The molecule has 2 aromatic carbocycles. The molecule has 2 aromatic rings. The van der Waals surface area contributed by atoms with Gasteiger partial charge in [-0.3, -0.25) is 19.8 Å². The van der Waals surface area contributed by atoms with E-state index in [2.05, 4.69) is 10.7 Å². The number of rotatable bonds is 5. The first kappa shape index (κ1) is 20.3. The minimum atomic E-state index is -0.784. The number of carbonyl (C=O) groups excluding carboxylic acids is 3. The number of fused-ring (bicyclic) bond motifs is 3. The van der Waals surface area contributed by atoms with Crippen molar-refractivity contribution in [2.75, 3.05) is 5.01 Å². The monoisotopic (exact) mass is 391 g/mol. The van der Waals surface area contributed by atoms with Crippen LogP contribution >= 0.6 is 0 Å². The molecule has 1 aliphatic heterocycles. The van der Waals surface area contributed by atoms with E-state index in [-0.39, 0.29) is 18.2 Å². The topological polar surface area (TPSA) is 78.5 Å². The molecule has 0 radical (unpaired) electrons. The second kappa shape index (κ2) is 8.73. The fraction of sp³-hybridized carbons (Fsp3) is 0.261. The fourth-order valence-electron chi connectivity index (χ4n) is 3.37. The average molecular weight is 391 g/mol. The number of nitrogens with zero attached hydrogens (tertiary/aromatic N) is 1. The van der Waals surface area contributed by atoms with E-state index in [1.165, 1.54) is 5.01 Å². The van der Waals surface area contributed by atoms with Crippen LogP contribution in [0.4, 0.5) is 5.69 Å². The van der Waals surface area contributed by atoms with Crippen LogP contribution < -0.4 is 15.8 Å². The Morgan fingerprint density at radius 1 is 1.10 bits per heavy atom. The molecule has 2 atom stereocenters. The molecule has 0 aliphatic carbocycles. The van der Waals surface area contributed by atoms with Gasteiger partial charge in [0.1, 0.15) is 6.04 Å². The van der Waals surface area contributed by atoms with E-state index in [1.54, 1.807) is 25.1 Å². The van der Waals surface area contributed by atoms with Crippen molar-refractivity contribution in [3.8, 4) is 11.1 Å². The lowest BCUT2D eigenvalue weighted by molar-refractivity contribution is -0.130. The number of benzene rings is 2. The van der Waals surface area contributed by atoms with Crippen molar-refractivity contribution < 1.29 is 14.4 Å². The summed E-state index contributed by atoms with van der Waals surface area (Å²) < 4.78 is 0. The van der Waals surface area contributed by atoms with E-state index in [0.29, 0.717) is 5.69 Å². The van der Waals surface area contributed by atoms with Crippen molar-refractivity contribution in [1.82, 2.24) is 10.7 Å². The van der Waals surface area contributed by atoms with Crippen LogP contribution in [0.3, 0.4) is 0 Å². The van der Waals surface area contributed by atoms with Gasteiger partial charge in [-0.05, 0) is 38.0 Å². The first-order valence-corrected chi connectivity index (χ1v) is 9.67. The van der Waals surface area contributed by atoms with E-state index in [0.717, 1.165) is 16.7 Å². The zero-order valence-corrected chi connectivity index (χ0v) is 16.8. The molecule has 150 valence electrons. The van der Waals surface area contributed by atoms with Gasteiger partial charge in [-0.1, -0.05) is 54.6 Å². The van der Waals surface area contributed by atoms with Gasteiger partial charge in [-0.15, -0.1) is 0 Å². The lowest BCUT2D eigenvalue weighted by Gasteiger charge is -2.26. The van der Waals surface area contributed by atoms with Gasteiger partial charge < -0.3 is 5.32 Å². The molecule has 1 heterocycles. The molecular weight excluding hydrogens is 366 g/mol. The maximum Gasteiger partial charge on any atom is 0.261 e. The average Bonchev–Trinajstić information content (AvgIpc) is 2.82. The molecule has 1 unspecified atom stereocenters. The number of hydrazine groups is 1. The Balaban J connectivity index is 1.89. The van der Waals surface area contributed by atoms with E-state index in [1.807, 2.05) is 56.3 Å². The van der Waals surface area contributed by atoms with Gasteiger partial charge in [0.05, 0.1) is 11.6 Å². The number of anilines is 1. The fourth-order valence-corrected chi connectivity index (χ4v) is 3.37. The van der Waals surface area contributed by atoms with Gasteiger partial charge in [-0.2, -0.15) is 0 Å². The molecule has 0 saturated carbocycles. The summed E-state index contributed by atoms with van der Waals surface area (Å²) in [6.45, 7) is 5.24. The summed E-state index contributed by atoms with van der Waals surface area (Å²) in [5.74, 6) is -1.38. The van der Waals surface area contributed by atoms with Crippen LogP contribution in [0, 0.1) is 0 Å². The predicted molar refractivity (Wildman–Crippen MR) is 113 cm³/mol. The Morgan fingerprint density at radius 3 is 2.48 bits per heavy atom. The summed E-state index contributed by atoms with van der Waals surface area (Å²) in [7, 11) is 0. The minimum Gasteiger partial charge on any atom is -0.344 e. The highest BCUT2D eigenvalue weighted by Crippen LogP contribution is 2.39. The molecule has 6 heteroatoms. The van der Waals surface area contributed by atoms with Gasteiger partial charge in [0.25, 0.3) is 11.8 Å². The maximum absolute atomic E-state index is 13.2. The Bertz CT molecular complexity index is 967. The highest BCUT2D eigenvalue weighted by atomic mass is 16.2. The molecular formula is C23H25N3O3. The number of allylic oxidation sites excluding steroid dienone is 1. The molecule has 0 spiro atoms. The van der Waals surface area contributed by atoms with E-state index in [9.17, 15) is 14.4 Å². The number of para-hydroxylation sites is 1. The smallest absolute Gasteiger partial charge is 0.261 e. The molecule has 0 bridgehead atoms. The van der Waals surface area contributed by atoms with Crippen LogP contribution in [0.1, 0.15) is 38.7 Å². The zero-order chi connectivity index (χ0) is 21.0. The SMILES string of the molecule is CC=CCC(=O)N[C@@H](C)C(=O)NN1C(=O)C(C)c2ccccc2-c2ccccc21. The van der Waals surface area contributed by atoms with Gasteiger partial charge in [0, 0.05) is 12.0 Å². The maximum atomic E-state index is 13.2. The van der Waals surface area contributed by atoms with Crippen molar-refractivity contribution in [1.29, 1.82) is 0 Å². The summed E-state index contributed by atoms with van der Waals surface area (Å²) in [6, 6.07) is 14.4. The lowest BCUT2D eigenvalue weighted by atomic mass is 9.92. The first-order valence-electron chi connectivity index (χ1n) is 9.67. The van der Waals surface area contributed by atoms with Gasteiger partial charge in [-0.25, -0.2) is 5.01 Å². The van der Waals surface area contributed by atoms with Crippen LogP contribution in [0.2, 0.25) is 0 Å². The molecule has 3 amide bonds. The van der Waals surface area contributed by atoms with Crippen LogP contribution in [0.25, 0.3) is 11.1 Å². The number of carbonyl (C=O) groups is 3. The Labute approximate surface area is 170 Å². The highest BCUT2D eigenvalue weighted by Gasteiger charge is 2.33. The van der Waals surface area contributed by atoms with Crippen molar-refractivity contribution in [3.63, 3.8) is 0 Å². The second-order valence-electron chi connectivity index (χ2n) is 7.04. The number of amides is 3. The van der Waals surface area contributed by atoms with Crippen LogP contribution in [-0.2, 0) is 14.4 Å². The van der Waals surface area contributed by atoms with E-state index >= 15 is 0 Å².